The Morgan fingerprint density at radius 3 is 3.00 bits per heavy atom. The van der Waals surface area contributed by atoms with E-state index in [9.17, 15) is 4.79 Å². The molecule has 3 heteroatoms. The number of amides is 1. The van der Waals surface area contributed by atoms with E-state index in [-0.39, 0.29) is 12.6 Å². The van der Waals surface area contributed by atoms with E-state index in [1.165, 1.54) is 0 Å². The Kier molecular flexibility index (Phi) is 2.88. The van der Waals surface area contributed by atoms with E-state index in [1.807, 2.05) is 0 Å². The first kappa shape index (κ1) is 8.53. The van der Waals surface area contributed by atoms with Crippen LogP contribution < -0.4 is 0 Å². The van der Waals surface area contributed by atoms with E-state index >= 15 is 0 Å². The van der Waals surface area contributed by atoms with Crippen LogP contribution in [0.25, 0.3) is 0 Å². The van der Waals surface area contributed by atoms with Crippen LogP contribution in [0, 0.1) is 0 Å². The predicted molar refractivity (Wildman–Crippen MR) is 41.9 cm³/mol. The van der Waals surface area contributed by atoms with Gasteiger partial charge in [0.1, 0.15) is 6.73 Å². The summed E-state index contributed by atoms with van der Waals surface area (Å²) in [6, 6.07) is 0.303. The molecule has 1 amide bonds. The van der Waals surface area contributed by atoms with E-state index in [0.29, 0.717) is 12.5 Å². The topological polar surface area (TPSA) is 40.5 Å². The van der Waals surface area contributed by atoms with Gasteiger partial charge in [-0.05, 0) is 12.8 Å². The highest BCUT2D eigenvalue weighted by Gasteiger charge is 2.28. The second-order valence-corrected chi connectivity index (χ2v) is 2.99. The molecule has 0 aromatic heterocycles. The SMILES string of the molecule is CCCC1CCC(=O)N1CO. The number of carbonyl (C=O) groups excluding carboxylic acids is 1. The lowest BCUT2D eigenvalue weighted by Gasteiger charge is -2.21. The van der Waals surface area contributed by atoms with Crippen molar-refractivity contribution in [2.45, 2.75) is 38.6 Å². The number of aliphatic hydroxyl groups is 1. The van der Waals surface area contributed by atoms with Crippen molar-refractivity contribution in [2.75, 3.05) is 6.73 Å². The molecule has 1 unspecified atom stereocenters. The van der Waals surface area contributed by atoms with E-state index in [1.54, 1.807) is 4.90 Å². The lowest BCUT2D eigenvalue weighted by atomic mass is 10.1. The molecule has 0 aromatic carbocycles. The quantitative estimate of drug-likeness (QED) is 0.656. The van der Waals surface area contributed by atoms with Crippen LogP contribution in [-0.2, 0) is 4.79 Å². The predicted octanol–water partition coefficient (Wildman–Crippen LogP) is 0.727. The van der Waals surface area contributed by atoms with Gasteiger partial charge in [0.15, 0.2) is 0 Å². The zero-order valence-electron chi connectivity index (χ0n) is 6.92. The summed E-state index contributed by atoms with van der Waals surface area (Å²) in [4.78, 5) is 12.6. The maximum atomic E-state index is 11.1. The van der Waals surface area contributed by atoms with Crippen LogP contribution in [0.3, 0.4) is 0 Å². The summed E-state index contributed by atoms with van der Waals surface area (Å²) in [5.74, 6) is 0.103. The number of aliphatic hydroxyl groups excluding tert-OH is 1. The summed E-state index contributed by atoms with van der Waals surface area (Å²) >= 11 is 0. The van der Waals surface area contributed by atoms with Crippen molar-refractivity contribution < 1.29 is 9.90 Å². The van der Waals surface area contributed by atoms with Crippen molar-refractivity contribution in [3.63, 3.8) is 0 Å². The van der Waals surface area contributed by atoms with Crippen molar-refractivity contribution >= 4 is 5.91 Å². The van der Waals surface area contributed by atoms with Crippen LogP contribution >= 0.6 is 0 Å². The molecule has 1 saturated heterocycles. The maximum Gasteiger partial charge on any atom is 0.224 e. The second-order valence-electron chi connectivity index (χ2n) is 2.99. The van der Waals surface area contributed by atoms with Crippen molar-refractivity contribution in [3.8, 4) is 0 Å². The molecular weight excluding hydrogens is 142 g/mol. The third kappa shape index (κ3) is 1.71. The van der Waals surface area contributed by atoms with Crippen molar-refractivity contribution in [1.82, 2.24) is 4.90 Å². The smallest absolute Gasteiger partial charge is 0.224 e. The van der Waals surface area contributed by atoms with Gasteiger partial charge in [0.05, 0.1) is 0 Å². The van der Waals surface area contributed by atoms with Crippen LogP contribution in [0.5, 0.6) is 0 Å². The first-order chi connectivity index (χ1) is 5.29. The summed E-state index contributed by atoms with van der Waals surface area (Å²) < 4.78 is 0. The Balaban J connectivity index is 2.47. The minimum atomic E-state index is -0.108. The minimum absolute atomic E-state index is 0.103. The van der Waals surface area contributed by atoms with Crippen LogP contribution in [0.2, 0.25) is 0 Å². The molecule has 0 aromatic rings. The fraction of sp³-hybridized carbons (Fsp3) is 0.875. The first-order valence-electron chi connectivity index (χ1n) is 4.20. The largest absolute Gasteiger partial charge is 0.376 e. The Morgan fingerprint density at radius 2 is 2.45 bits per heavy atom. The van der Waals surface area contributed by atoms with E-state index in [2.05, 4.69) is 6.92 Å². The summed E-state index contributed by atoms with van der Waals surface area (Å²) in [6.45, 7) is 1.99. The van der Waals surface area contributed by atoms with E-state index in [0.717, 1.165) is 19.3 Å². The molecule has 1 fully saturated rings. The number of hydrogen-bond acceptors (Lipinski definition) is 2. The van der Waals surface area contributed by atoms with Gasteiger partial charge in [0, 0.05) is 12.5 Å². The number of likely N-dealkylation sites (tertiary alicyclic amines) is 1. The Labute approximate surface area is 67.0 Å². The average molecular weight is 157 g/mol. The molecule has 1 heterocycles. The second kappa shape index (κ2) is 3.72. The number of hydrogen-bond donors (Lipinski definition) is 1. The van der Waals surface area contributed by atoms with Crippen LogP contribution in [0.1, 0.15) is 32.6 Å². The lowest BCUT2D eigenvalue weighted by Crippen LogP contribution is -2.33. The molecule has 11 heavy (non-hydrogen) atoms. The summed E-state index contributed by atoms with van der Waals surface area (Å²) in [5.41, 5.74) is 0. The lowest BCUT2D eigenvalue weighted by molar-refractivity contribution is -0.132. The summed E-state index contributed by atoms with van der Waals surface area (Å²) in [5, 5.41) is 8.84. The van der Waals surface area contributed by atoms with Gasteiger partial charge in [-0.2, -0.15) is 0 Å². The van der Waals surface area contributed by atoms with Gasteiger partial charge in [-0.1, -0.05) is 13.3 Å². The van der Waals surface area contributed by atoms with Crippen molar-refractivity contribution in [3.05, 3.63) is 0 Å². The molecule has 1 atom stereocenters. The molecular formula is C8H15NO2. The molecule has 0 spiro atoms. The van der Waals surface area contributed by atoms with Gasteiger partial charge in [-0.15, -0.1) is 0 Å². The van der Waals surface area contributed by atoms with Crippen LogP contribution in [0.15, 0.2) is 0 Å². The molecule has 0 bridgehead atoms. The highest BCUT2D eigenvalue weighted by atomic mass is 16.3. The molecule has 1 aliphatic heterocycles. The molecule has 1 aliphatic rings. The van der Waals surface area contributed by atoms with Gasteiger partial charge in [0.2, 0.25) is 5.91 Å². The molecule has 3 nitrogen and oxygen atoms in total. The molecule has 1 rings (SSSR count). The Bertz CT molecular complexity index is 147. The third-order valence-electron chi connectivity index (χ3n) is 2.23. The molecule has 0 radical (unpaired) electrons. The zero-order valence-corrected chi connectivity index (χ0v) is 6.92. The fourth-order valence-corrected chi connectivity index (χ4v) is 1.62. The highest BCUT2D eigenvalue weighted by Crippen LogP contribution is 2.21. The first-order valence-corrected chi connectivity index (χ1v) is 4.20. The summed E-state index contributed by atoms with van der Waals surface area (Å²) in [7, 11) is 0. The average Bonchev–Trinajstić information content (AvgIpc) is 2.33. The van der Waals surface area contributed by atoms with Crippen LogP contribution in [0.4, 0.5) is 0 Å². The van der Waals surface area contributed by atoms with Gasteiger partial charge >= 0.3 is 0 Å². The molecule has 0 saturated carbocycles. The standard InChI is InChI=1S/C8H15NO2/c1-2-3-7-4-5-8(11)9(7)6-10/h7,10H,2-6H2,1H3. The number of rotatable bonds is 3. The third-order valence-corrected chi connectivity index (χ3v) is 2.23. The summed E-state index contributed by atoms with van der Waals surface area (Å²) in [6.07, 6.45) is 3.64. The van der Waals surface area contributed by atoms with E-state index < -0.39 is 0 Å². The zero-order chi connectivity index (χ0) is 8.27. The fourth-order valence-electron chi connectivity index (χ4n) is 1.62. The van der Waals surface area contributed by atoms with Gasteiger partial charge in [0.25, 0.3) is 0 Å². The van der Waals surface area contributed by atoms with Gasteiger partial charge in [-0.25, -0.2) is 0 Å². The Hall–Kier alpha value is -0.570. The highest BCUT2D eigenvalue weighted by molar-refractivity contribution is 5.78. The number of carbonyl (C=O) groups is 1. The van der Waals surface area contributed by atoms with Crippen LogP contribution in [-0.4, -0.2) is 28.7 Å². The molecule has 1 N–H and O–H groups in total. The van der Waals surface area contributed by atoms with Crippen molar-refractivity contribution in [2.24, 2.45) is 0 Å². The van der Waals surface area contributed by atoms with Gasteiger partial charge in [-0.3, -0.25) is 4.79 Å². The molecule has 0 aliphatic carbocycles. The van der Waals surface area contributed by atoms with E-state index in [4.69, 9.17) is 5.11 Å². The normalized spacial score (nSPS) is 24.7. The Morgan fingerprint density at radius 1 is 1.73 bits per heavy atom. The minimum Gasteiger partial charge on any atom is -0.376 e. The monoisotopic (exact) mass is 157 g/mol. The van der Waals surface area contributed by atoms with Crippen molar-refractivity contribution in [1.29, 1.82) is 0 Å². The molecule has 64 valence electrons. The maximum absolute atomic E-state index is 11.1. The number of nitrogens with zero attached hydrogens (tertiary/aromatic N) is 1. The van der Waals surface area contributed by atoms with Gasteiger partial charge < -0.3 is 10.0 Å².